The number of hydrogen-bond donors (Lipinski definition) is 1. The van der Waals surface area contributed by atoms with Crippen LogP contribution < -0.4 is 10.1 Å². The van der Waals surface area contributed by atoms with E-state index in [0.29, 0.717) is 13.2 Å². The molecule has 0 saturated heterocycles. The first-order valence-corrected chi connectivity index (χ1v) is 6.96. The van der Waals surface area contributed by atoms with Crippen molar-refractivity contribution in [3.8, 4) is 5.75 Å². The van der Waals surface area contributed by atoms with Crippen LogP contribution in [0, 0.1) is 0 Å². The zero-order chi connectivity index (χ0) is 13.1. The lowest BCUT2D eigenvalue weighted by molar-refractivity contribution is 0.341. The zero-order valence-corrected chi connectivity index (χ0v) is 11.4. The number of ether oxygens (including phenoxy) is 1. The lowest BCUT2D eigenvalue weighted by Gasteiger charge is -2.00. The molecule has 3 aromatic rings. The van der Waals surface area contributed by atoms with Crippen molar-refractivity contribution in [2.75, 3.05) is 11.9 Å². The molecule has 0 spiro atoms. The summed E-state index contributed by atoms with van der Waals surface area (Å²) in [5.41, 5.74) is 0.982. The minimum Gasteiger partial charge on any atom is -0.494 e. The maximum absolute atomic E-state index is 5.49. The molecule has 1 N–H and O–H groups in total. The van der Waals surface area contributed by atoms with Gasteiger partial charge in [0.25, 0.3) is 0 Å². The second kappa shape index (κ2) is 5.32. The average Bonchev–Trinajstić information content (AvgIpc) is 3.05. The van der Waals surface area contributed by atoms with Crippen molar-refractivity contribution in [2.24, 2.45) is 0 Å². The summed E-state index contributed by atoms with van der Waals surface area (Å²) < 4.78 is 11.9. The van der Waals surface area contributed by atoms with Gasteiger partial charge in [-0.15, -0.1) is 0 Å². The van der Waals surface area contributed by atoms with Gasteiger partial charge in [-0.25, -0.2) is 4.98 Å². The van der Waals surface area contributed by atoms with Gasteiger partial charge in [0.1, 0.15) is 11.5 Å². The third-order valence-corrected chi connectivity index (χ3v) is 3.64. The molecule has 3 rings (SSSR count). The molecule has 4 nitrogen and oxygen atoms in total. The van der Waals surface area contributed by atoms with Crippen molar-refractivity contribution in [1.29, 1.82) is 0 Å². The molecule has 0 amide bonds. The Morgan fingerprint density at radius 1 is 1.37 bits per heavy atom. The molecule has 0 atom stereocenters. The summed E-state index contributed by atoms with van der Waals surface area (Å²) in [6, 6.07) is 9.77. The smallest absolute Gasteiger partial charge is 0.184 e. The second-order valence-electron chi connectivity index (χ2n) is 4.01. The Bertz CT molecular complexity index is 661. The molecule has 2 heterocycles. The van der Waals surface area contributed by atoms with Crippen LogP contribution in [0.3, 0.4) is 0 Å². The molecule has 0 aliphatic carbocycles. The van der Waals surface area contributed by atoms with E-state index in [2.05, 4.69) is 10.3 Å². The molecule has 0 saturated carbocycles. The van der Waals surface area contributed by atoms with Crippen LogP contribution in [0.4, 0.5) is 5.13 Å². The summed E-state index contributed by atoms with van der Waals surface area (Å²) in [6.07, 6.45) is 1.67. The van der Waals surface area contributed by atoms with Crippen LogP contribution in [0.1, 0.15) is 12.7 Å². The summed E-state index contributed by atoms with van der Waals surface area (Å²) in [7, 11) is 0. The van der Waals surface area contributed by atoms with E-state index in [1.165, 1.54) is 0 Å². The Labute approximate surface area is 115 Å². The molecule has 0 unspecified atom stereocenters. The first-order valence-electron chi connectivity index (χ1n) is 6.15. The summed E-state index contributed by atoms with van der Waals surface area (Å²) in [4.78, 5) is 4.52. The lowest BCUT2D eigenvalue weighted by Crippen LogP contribution is -1.96. The van der Waals surface area contributed by atoms with Gasteiger partial charge < -0.3 is 14.5 Å². The van der Waals surface area contributed by atoms with E-state index in [-0.39, 0.29) is 0 Å². The van der Waals surface area contributed by atoms with E-state index in [9.17, 15) is 0 Å². The largest absolute Gasteiger partial charge is 0.494 e. The number of rotatable bonds is 5. The molecule has 1 aromatic carbocycles. The van der Waals surface area contributed by atoms with Crippen LogP contribution in [0.15, 0.2) is 41.0 Å². The predicted octanol–water partition coefficient (Wildman–Crippen LogP) is 3.90. The van der Waals surface area contributed by atoms with Crippen LogP contribution in [-0.4, -0.2) is 11.6 Å². The highest BCUT2D eigenvalue weighted by atomic mass is 32.1. The Morgan fingerprint density at radius 3 is 3.11 bits per heavy atom. The van der Waals surface area contributed by atoms with Gasteiger partial charge in [0.05, 0.1) is 29.6 Å². The Balaban J connectivity index is 1.77. The van der Waals surface area contributed by atoms with Gasteiger partial charge >= 0.3 is 0 Å². The van der Waals surface area contributed by atoms with E-state index in [1.54, 1.807) is 17.6 Å². The van der Waals surface area contributed by atoms with Gasteiger partial charge in [-0.2, -0.15) is 0 Å². The second-order valence-corrected chi connectivity index (χ2v) is 5.05. The van der Waals surface area contributed by atoms with Crippen molar-refractivity contribution in [3.63, 3.8) is 0 Å². The first kappa shape index (κ1) is 12.0. The van der Waals surface area contributed by atoms with Crippen molar-refractivity contribution in [1.82, 2.24) is 4.98 Å². The van der Waals surface area contributed by atoms with Crippen LogP contribution in [0.2, 0.25) is 0 Å². The minimum atomic E-state index is 0.644. The normalized spacial score (nSPS) is 10.8. The quantitative estimate of drug-likeness (QED) is 0.766. The molecule has 0 bridgehead atoms. The molecule has 0 fully saturated rings. The van der Waals surface area contributed by atoms with E-state index in [0.717, 1.165) is 26.9 Å². The fourth-order valence-electron chi connectivity index (χ4n) is 1.81. The summed E-state index contributed by atoms with van der Waals surface area (Å²) in [6.45, 7) is 3.30. The van der Waals surface area contributed by atoms with E-state index in [1.807, 2.05) is 37.3 Å². The average molecular weight is 274 g/mol. The lowest BCUT2D eigenvalue weighted by atomic mass is 10.3. The molecule has 5 heteroatoms. The van der Waals surface area contributed by atoms with Crippen molar-refractivity contribution >= 4 is 26.7 Å². The van der Waals surface area contributed by atoms with Crippen molar-refractivity contribution < 1.29 is 9.15 Å². The number of anilines is 1. The number of thiazole rings is 1. The fraction of sp³-hybridized carbons (Fsp3) is 0.214. The topological polar surface area (TPSA) is 47.3 Å². The van der Waals surface area contributed by atoms with Gasteiger partial charge in [-0.3, -0.25) is 0 Å². The highest BCUT2D eigenvalue weighted by Gasteiger charge is 2.05. The van der Waals surface area contributed by atoms with E-state index in [4.69, 9.17) is 9.15 Å². The fourth-order valence-corrected chi connectivity index (χ4v) is 2.70. The Hall–Kier alpha value is -2.01. The highest BCUT2D eigenvalue weighted by molar-refractivity contribution is 7.22. The standard InChI is InChI=1S/C14H14N2O2S/c1-2-17-10-5-6-12-13(8-10)19-14(16-12)15-9-11-4-3-7-18-11/h3-8H,2,9H2,1H3,(H,15,16). The van der Waals surface area contributed by atoms with Crippen molar-refractivity contribution in [2.45, 2.75) is 13.5 Å². The first-order chi connectivity index (χ1) is 9.35. The van der Waals surface area contributed by atoms with E-state index < -0.39 is 0 Å². The van der Waals surface area contributed by atoms with E-state index >= 15 is 0 Å². The Kier molecular flexibility index (Phi) is 3.37. The van der Waals surface area contributed by atoms with Gasteiger partial charge in [-0.1, -0.05) is 11.3 Å². The third kappa shape index (κ3) is 2.71. The van der Waals surface area contributed by atoms with Crippen LogP contribution in [-0.2, 0) is 6.54 Å². The minimum absolute atomic E-state index is 0.644. The number of benzene rings is 1. The number of nitrogens with one attached hydrogen (secondary N) is 1. The van der Waals surface area contributed by atoms with Crippen LogP contribution in [0.25, 0.3) is 10.2 Å². The van der Waals surface area contributed by atoms with Gasteiger partial charge in [0.2, 0.25) is 0 Å². The monoisotopic (exact) mass is 274 g/mol. The predicted molar refractivity (Wildman–Crippen MR) is 76.8 cm³/mol. The molecular weight excluding hydrogens is 260 g/mol. The van der Waals surface area contributed by atoms with Crippen molar-refractivity contribution in [3.05, 3.63) is 42.4 Å². The summed E-state index contributed by atoms with van der Waals surface area (Å²) >= 11 is 1.62. The highest BCUT2D eigenvalue weighted by Crippen LogP contribution is 2.29. The van der Waals surface area contributed by atoms with Crippen LogP contribution in [0.5, 0.6) is 5.75 Å². The number of nitrogens with zero attached hydrogens (tertiary/aromatic N) is 1. The third-order valence-electron chi connectivity index (χ3n) is 2.66. The summed E-state index contributed by atoms with van der Waals surface area (Å²) in [5.74, 6) is 1.78. The number of aromatic nitrogens is 1. The molecule has 0 aliphatic heterocycles. The van der Waals surface area contributed by atoms with Gasteiger partial charge in [-0.05, 0) is 37.3 Å². The molecule has 2 aromatic heterocycles. The van der Waals surface area contributed by atoms with Crippen LogP contribution >= 0.6 is 11.3 Å². The van der Waals surface area contributed by atoms with Gasteiger partial charge in [0.15, 0.2) is 5.13 Å². The van der Waals surface area contributed by atoms with Gasteiger partial charge in [0, 0.05) is 0 Å². The summed E-state index contributed by atoms with van der Waals surface area (Å²) in [5, 5.41) is 4.15. The number of fused-ring (bicyclic) bond motifs is 1. The SMILES string of the molecule is CCOc1ccc2nc(NCc3ccco3)sc2c1. The maximum Gasteiger partial charge on any atom is 0.184 e. The molecule has 0 aliphatic rings. The molecule has 0 radical (unpaired) electrons. The number of hydrogen-bond acceptors (Lipinski definition) is 5. The maximum atomic E-state index is 5.49. The molecule has 19 heavy (non-hydrogen) atoms. The zero-order valence-electron chi connectivity index (χ0n) is 10.6. The Morgan fingerprint density at radius 2 is 2.32 bits per heavy atom. The number of furan rings is 1. The molecule has 98 valence electrons. The molecular formula is C14H14N2O2S.